The van der Waals surface area contributed by atoms with Gasteiger partial charge in [0.15, 0.2) is 0 Å². The minimum atomic E-state index is -0.313. The quantitative estimate of drug-likeness (QED) is 0.865. The first-order valence-corrected chi connectivity index (χ1v) is 8.32. The van der Waals surface area contributed by atoms with Gasteiger partial charge in [0.25, 0.3) is 0 Å². The fourth-order valence-electron chi connectivity index (χ4n) is 3.21. The van der Waals surface area contributed by atoms with Gasteiger partial charge in [-0.1, -0.05) is 20.8 Å². The summed E-state index contributed by atoms with van der Waals surface area (Å²) in [6.45, 7) is 9.16. The summed E-state index contributed by atoms with van der Waals surface area (Å²) in [6.07, 6.45) is 1.36. The Morgan fingerprint density at radius 3 is 2.43 bits per heavy atom. The number of aryl methyl sites for hydroxylation is 1. The van der Waals surface area contributed by atoms with E-state index in [1.165, 1.54) is 11.3 Å². The first kappa shape index (κ1) is 15.8. The maximum atomic E-state index is 12.4. The number of nitrogens with one attached hydrogen (secondary N) is 1. The molecule has 0 spiro atoms. The first-order chi connectivity index (χ1) is 10.8. The van der Waals surface area contributed by atoms with Crippen LogP contribution in [-0.2, 0) is 16.0 Å². The van der Waals surface area contributed by atoms with E-state index in [2.05, 4.69) is 22.3 Å². The first-order valence-electron chi connectivity index (χ1n) is 8.32. The molecule has 2 heterocycles. The molecule has 2 aliphatic heterocycles. The molecule has 5 nitrogen and oxygen atoms in total. The van der Waals surface area contributed by atoms with Crippen LogP contribution in [-0.4, -0.2) is 42.9 Å². The van der Waals surface area contributed by atoms with Gasteiger partial charge in [-0.05, 0) is 30.2 Å². The minimum Gasteiger partial charge on any atom is -0.368 e. The van der Waals surface area contributed by atoms with Crippen LogP contribution >= 0.6 is 0 Å². The number of anilines is 2. The number of hydrogen-bond acceptors (Lipinski definition) is 3. The van der Waals surface area contributed by atoms with E-state index in [4.69, 9.17) is 0 Å². The molecule has 0 saturated carbocycles. The Balaban J connectivity index is 1.66. The third kappa shape index (κ3) is 3.33. The zero-order valence-electron chi connectivity index (χ0n) is 14.2. The zero-order chi connectivity index (χ0) is 16.6. The molecule has 3 rings (SSSR count). The van der Waals surface area contributed by atoms with Gasteiger partial charge in [-0.2, -0.15) is 0 Å². The van der Waals surface area contributed by atoms with Crippen molar-refractivity contribution in [2.24, 2.45) is 5.41 Å². The highest BCUT2D eigenvalue weighted by atomic mass is 16.2. The standard InChI is InChI=1S/C18H25N3O2/c1-18(2,3)17(23)21-10-8-20(9-11-21)14-5-6-15-13(12-14)4-7-16(22)19-15/h5-6,12H,4,7-11H2,1-3H3,(H,19,22). The predicted molar refractivity (Wildman–Crippen MR) is 91.6 cm³/mol. The molecule has 1 fully saturated rings. The van der Waals surface area contributed by atoms with Crippen LogP contribution in [0.15, 0.2) is 18.2 Å². The van der Waals surface area contributed by atoms with Crippen molar-refractivity contribution in [3.05, 3.63) is 23.8 Å². The van der Waals surface area contributed by atoms with E-state index in [0.29, 0.717) is 6.42 Å². The molecule has 2 amide bonds. The average Bonchev–Trinajstić information content (AvgIpc) is 2.53. The van der Waals surface area contributed by atoms with Crippen molar-refractivity contribution in [3.8, 4) is 0 Å². The van der Waals surface area contributed by atoms with Gasteiger partial charge < -0.3 is 15.1 Å². The van der Waals surface area contributed by atoms with Crippen LogP contribution in [0.2, 0.25) is 0 Å². The van der Waals surface area contributed by atoms with Crippen molar-refractivity contribution in [3.63, 3.8) is 0 Å². The van der Waals surface area contributed by atoms with Crippen LogP contribution in [0, 0.1) is 5.41 Å². The summed E-state index contributed by atoms with van der Waals surface area (Å²) in [4.78, 5) is 28.1. The lowest BCUT2D eigenvalue weighted by Crippen LogP contribution is -2.51. The summed E-state index contributed by atoms with van der Waals surface area (Å²) < 4.78 is 0. The number of benzene rings is 1. The van der Waals surface area contributed by atoms with Crippen LogP contribution in [0.5, 0.6) is 0 Å². The lowest BCUT2D eigenvalue weighted by atomic mass is 9.94. The molecule has 124 valence electrons. The molecule has 5 heteroatoms. The van der Waals surface area contributed by atoms with E-state index in [-0.39, 0.29) is 17.2 Å². The van der Waals surface area contributed by atoms with Gasteiger partial charge >= 0.3 is 0 Å². The Morgan fingerprint density at radius 1 is 1.09 bits per heavy atom. The van der Waals surface area contributed by atoms with Crippen molar-refractivity contribution in [1.29, 1.82) is 0 Å². The normalized spacial score (nSPS) is 18.5. The molecule has 0 aromatic heterocycles. The van der Waals surface area contributed by atoms with Crippen LogP contribution in [0.4, 0.5) is 11.4 Å². The van der Waals surface area contributed by atoms with E-state index < -0.39 is 0 Å². The number of carbonyl (C=O) groups excluding carboxylic acids is 2. The largest absolute Gasteiger partial charge is 0.368 e. The Bertz CT molecular complexity index is 626. The Labute approximate surface area is 137 Å². The fraction of sp³-hybridized carbons (Fsp3) is 0.556. The van der Waals surface area contributed by atoms with Crippen molar-refractivity contribution in [2.75, 3.05) is 36.4 Å². The highest BCUT2D eigenvalue weighted by Crippen LogP contribution is 2.28. The second-order valence-corrected chi connectivity index (χ2v) is 7.42. The molecule has 1 saturated heterocycles. The van der Waals surface area contributed by atoms with Gasteiger partial charge in [-0.3, -0.25) is 9.59 Å². The van der Waals surface area contributed by atoms with E-state index in [9.17, 15) is 9.59 Å². The topological polar surface area (TPSA) is 52.7 Å². The number of carbonyl (C=O) groups is 2. The van der Waals surface area contributed by atoms with Crippen molar-refractivity contribution >= 4 is 23.2 Å². The predicted octanol–water partition coefficient (Wildman–Crippen LogP) is 2.27. The molecule has 1 aromatic carbocycles. The number of rotatable bonds is 1. The molecule has 1 N–H and O–H groups in total. The Morgan fingerprint density at radius 2 is 1.78 bits per heavy atom. The second-order valence-electron chi connectivity index (χ2n) is 7.42. The second kappa shape index (κ2) is 5.87. The third-order valence-corrected chi connectivity index (χ3v) is 4.56. The molecular formula is C18H25N3O2. The average molecular weight is 315 g/mol. The molecule has 0 atom stereocenters. The molecule has 0 bridgehead atoms. The zero-order valence-corrected chi connectivity index (χ0v) is 14.2. The third-order valence-electron chi connectivity index (χ3n) is 4.56. The van der Waals surface area contributed by atoms with Gasteiger partial charge in [-0.25, -0.2) is 0 Å². The van der Waals surface area contributed by atoms with Crippen LogP contribution < -0.4 is 10.2 Å². The molecule has 2 aliphatic rings. The van der Waals surface area contributed by atoms with E-state index in [1.807, 2.05) is 31.7 Å². The smallest absolute Gasteiger partial charge is 0.228 e. The minimum absolute atomic E-state index is 0.0968. The Hall–Kier alpha value is -2.04. The van der Waals surface area contributed by atoms with Crippen molar-refractivity contribution < 1.29 is 9.59 Å². The number of piperazine rings is 1. The molecular weight excluding hydrogens is 290 g/mol. The van der Waals surface area contributed by atoms with Crippen LogP contribution in [0.1, 0.15) is 32.8 Å². The monoisotopic (exact) mass is 315 g/mol. The highest BCUT2D eigenvalue weighted by molar-refractivity contribution is 5.94. The van der Waals surface area contributed by atoms with Crippen LogP contribution in [0.25, 0.3) is 0 Å². The van der Waals surface area contributed by atoms with E-state index in [0.717, 1.165) is 38.3 Å². The Kier molecular flexibility index (Phi) is 4.04. The number of hydrogen-bond donors (Lipinski definition) is 1. The van der Waals surface area contributed by atoms with E-state index in [1.54, 1.807) is 0 Å². The lowest BCUT2D eigenvalue weighted by Gasteiger charge is -2.39. The summed E-state index contributed by atoms with van der Waals surface area (Å²) in [5.41, 5.74) is 3.01. The van der Waals surface area contributed by atoms with Crippen molar-refractivity contribution in [1.82, 2.24) is 4.90 Å². The van der Waals surface area contributed by atoms with Gasteiger partial charge in [0, 0.05) is 49.4 Å². The van der Waals surface area contributed by atoms with E-state index >= 15 is 0 Å². The summed E-state index contributed by atoms with van der Waals surface area (Å²) in [7, 11) is 0. The van der Waals surface area contributed by atoms with Gasteiger partial charge in [-0.15, -0.1) is 0 Å². The van der Waals surface area contributed by atoms with Crippen LogP contribution in [0.3, 0.4) is 0 Å². The molecule has 0 unspecified atom stereocenters. The van der Waals surface area contributed by atoms with Gasteiger partial charge in [0.2, 0.25) is 11.8 Å². The summed E-state index contributed by atoms with van der Waals surface area (Å²) in [5, 5.41) is 2.92. The molecule has 0 aliphatic carbocycles. The maximum absolute atomic E-state index is 12.4. The number of nitrogens with zero attached hydrogens (tertiary/aromatic N) is 2. The number of amides is 2. The fourth-order valence-corrected chi connectivity index (χ4v) is 3.21. The maximum Gasteiger partial charge on any atom is 0.228 e. The molecule has 23 heavy (non-hydrogen) atoms. The number of fused-ring (bicyclic) bond motifs is 1. The SMILES string of the molecule is CC(C)(C)C(=O)N1CCN(c2ccc3c(c2)CCC(=O)N3)CC1. The molecule has 0 radical (unpaired) electrons. The van der Waals surface area contributed by atoms with Gasteiger partial charge in [0.1, 0.15) is 0 Å². The van der Waals surface area contributed by atoms with Gasteiger partial charge in [0.05, 0.1) is 0 Å². The lowest BCUT2D eigenvalue weighted by molar-refractivity contribution is -0.139. The van der Waals surface area contributed by atoms with Crippen molar-refractivity contribution in [2.45, 2.75) is 33.6 Å². The molecule has 1 aromatic rings. The summed E-state index contributed by atoms with van der Waals surface area (Å²) in [5.74, 6) is 0.324. The summed E-state index contributed by atoms with van der Waals surface area (Å²) >= 11 is 0. The summed E-state index contributed by atoms with van der Waals surface area (Å²) in [6, 6.07) is 6.23. The highest BCUT2D eigenvalue weighted by Gasteiger charge is 2.29.